The molecule has 0 radical (unpaired) electrons. The van der Waals surface area contributed by atoms with Gasteiger partial charge >= 0.3 is 0 Å². The van der Waals surface area contributed by atoms with E-state index in [9.17, 15) is 8.78 Å². The van der Waals surface area contributed by atoms with Crippen LogP contribution < -0.4 is 4.90 Å². The molecule has 2 rings (SSSR count). The average Bonchev–Trinajstić information content (AvgIpc) is 2.46. The number of rotatable bonds is 4. The van der Waals surface area contributed by atoms with Crippen molar-refractivity contribution in [3.63, 3.8) is 0 Å². The second-order valence-corrected chi connectivity index (χ2v) is 5.08. The maximum Gasteiger partial charge on any atom is 0.150 e. The van der Waals surface area contributed by atoms with E-state index in [0.29, 0.717) is 5.69 Å². The monoisotopic (exact) mass is 287 g/mol. The van der Waals surface area contributed by atoms with Crippen molar-refractivity contribution in [2.24, 2.45) is 0 Å². The molecular weight excluding hydrogens is 268 g/mol. The fourth-order valence-electron chi connectivity index (χ4n) is 2.09. The molecule has 3 heteroatoms. The van der Waals surface area contributed by atoms with Gasteiger partial charge in [0.05, 0.1) is 5.69 Å². The van der Waals surface area contributed by atoms with Gasteiger partial charge in [0, 0.05) is 18.0 Å². The quantitative estimate of drug-likeness (QED) is 0.694. The first-order valence-electron chi connectivity index (χ1n) is 7.00. The Morgan fingerprint density at radius 1 is 1.10 bits per heavy atom. The number of anilines is 2. The van der Waals surface area contributed by atoms with Crippen molar-refractivity contribution in [1.29, 1.82) is 0 Å². The molecular formula is C18H19F2N. The highest BCUT2D eigenvalue weighted by Gasteiger charge is 2.14. The van der Waals surface area contributed by atoms with Crippen molar-refractivity contribution < 1.29 is 8.78 Å². The minimum absolute atomic E-state index is 0.346. The molecule has 0 atom stereocenters. The van der Waals surface area contributed by atoms with Crippen molar-refractivity contribution in [2.75, 3.05) is 4.90 Å². The molecule has 0 aliphatic rings. The van der Waals surface area contributed by atoms with E-state index in [4.69, 9.17) is 0 Å². The predicted octanol–water partition coefficient (Wildman–Crippen LogP) is 5.73. The van der Waals surface area contributed by atoms with E-state index >= 15 is 0 Å². The SMILES string of the molecule is CCC(C)=CN(c1ccccc1C)c1ccc(F)cc1F. The minimum Gasteiger partial charge on any atom is -0.314 e. The van der Waals surface area contributed by atoms with Crippen LogP contribution in [0.25, 0.3) is 0 Å². The molecule has 0 aliphatic carbocycles. The zero-order chi connectivity index (χ0) is 15.4. The number of nitrogens with zero attached hydrogens (tertiary/aromatic N) is 1. The van der Waals surface area contributed by atoms with Crippen LogP contribution in [0.15, 0.2) is 54.2 Å². The first kappa shape index (κ1) is 15.2. The Bertz CT molecular complexity index is 662. The summed E-state index contributed by atoms with van der Waals surface area (Å²) in [4.78, 5) is 1.78. The van der Waals surface area contributed by atoms with Gasteiger partial charge in [-0.1, -0.05) is 30.7 Å². The highest BCUT2D eigenvalue weighted by Crippen LogP contribution is 2.31. The maximum atomic E-state index is 14.2. The summed E-state index contributed by atoms with van der Waals surface area (Å²) in [6, 6.07) is 11.4. The molecule has 0 bridgehead atoms. The van der Waals surface area contributed by atoms with Crippen LogP contribution in [0.3, 0.4) is 0 Å². The van der Waals surface area contributed by atoms with Crippen LogP contribution in [0.2, 0.25) is 0 Å². The number of benzene rings is 2. The van der Waals surface area contributed by atoms with Crippen molar-refractivity contribution in [1.82, 2.24) is 0 Å². The molecule has 0 fully saturated rings. The van der Waals surface area contributed by atoms with Crippen LogP contribution in [-0.2, 0) is 0 Å². The van der Waals surface area contributed by atoms with Crippen molar-refractivity contribution in [3.8, 4) is 0 Å². The van der Waals surface area contributed by atoms with Gasteiger partial charge in [0.2, 0.25) is 0 Å². The number of allylic oxidation sites excluding steroid dienone is 1. The van der Waals surface area contributed by atoms with Crippen LogP contribution >= 0.6 is 0 Å². The fourth-order valence-corrected chi connectivity index (χ4v) is 2.09. The molecule has 2 aromatic rings. The standard InChI is InChI=1S/C18H19F2N/c1-4-13(2)12-21(17-8-6-5-7-14(17)3)18-10-9-15(19)11-16(18)20/h5-12H,4H2,1-3H3. The van der Waals surface area contributed by atoms with Gasteiger partial charge in [0.25, 0.3) is 0 Å². The number of hydrogen-bond acceptors (Lipinski definition) is 1. The van der Waals surface area contributed by atoms with Gasteiger partial charge < -0.3 is 4.90 Å². The Morgan fingerprint density at radius 3 is 2.43 bits per heavy atom. The van der Waals surface area contributed by atoms with E-state index in [1.54, 1.807) is 4.90 Å². The van der Waals surface area contributed by atoms with Crippen LogP contribution in [0.4, 0.5) is 20.2 Å². The summed E-state index contributed by atoms with van der Waals surface area (Å²) in [6.45, 7) is 6.01. The van der Waals surface area contributed by atoms with Gasteiger partial charge in [-0.05, 0) is 44.0 Å². The lowest BCUT2D eigenvalue weighted by Crippen LogP contribution is -2.12. The molecule has 0 saturated carbocycles. The average molecular weight is 287 g/mol. The summed E-state index contributed by atoms with van der Waals surface area (Å²) in [5.41, 5.74) is 3.37. The molecule has 0 aromatic heterocycles. The number of para-hydroxylation sites is 1. The number of halogens is 2. The first-order valence-corrected chi connectivity index (χ1v) is 7.00. The number of aryl methyl sites for hydroxylation is 1. The summed E-state index contributed by atoms with van der Waals surface area (Å²) in [7, 11) is 0. The largest absolute Gasteiger partial charge is 0.314 e. The van der Waals surface area contributed by atoms with E-state index in [-0.39, 0.29) is 0 Å². The van der Waals surface area contributed by atoms with Gasteiger partial charge in [-0.3, -0.25) is 0 Å². The fraction of sp³-hybridized carbons (Fsp3) is 0.222. The number of hydrogen-bond donors (Lipinski definition) is 0. The molecule has 1 nitrogen and oxygen atoms in total. The molecule has 110 valence electrons. The zero-order valence-electron chi connectivity index (χ0n) is 12.5. The third-order valence-corrected chi connectivity index (χ3v) is 3.45. The van der Waals surface area contributed by atoms with Crippen LogP contribution in [0, 0.1) is 18.6 Å². The molecule has 0 N–H and O–H groups in total. The third-order valence-electron chi connectivity index (χ3n) is 3.45. The lowest BCUT2D eigenvalue weighted by Gasteiger charge is -2.24. The Balaban J connectivity index is 2.59. The lowest BCUT2D eigenvalue weighted by atomic mass is 10.1. The molecule has 0 saturated heterocycles. The van der Waals surface area contributed by atoms with Crippen LogP contribution in [-0.4, -0.2) is 0 Å². The second-order valence-electron chi connectivity index (χ2n) is 5.08. The van der Waals surface area contributed by atoms with Crippen molar-refractivity contribution >= 4 is 11.4 Å². The van der Waals surface area contributed by atoms with E-state index in [0.717, 1.165) is 29.3 Å². The molecule has 0 unspecified atom stereocenters. The van der Waals surface area contributed by atoms with Gasteiger partial charge in [-0.15, -0.1) is 0 Å². The van der Waals surface area contributed by atoms with Gasteiger partial charge in [-0.25, -0.2) is 8.78 Å². The summed E-state index contributed by atoms with van der Waals surface area (Å²) in [5.74, 6) is -1.14. The summed E-state index contributed by atoms with van der Waals surface area (Å²) in [5, 5.41) is 0. The van der Waals surface area contributed by atoms with Crippen molar-refractivity contribution in [2.45, 2.75) is 27.2 Å². The van der Waals surface area contributed by atoms with Gasteiger partial charge in [-0.2, -0.15) is 0 Å². The van der Waals surface area contributed by atoms with Gasteiger partial charge in [0.15, 0.2) is 0 Å². The maximum absolute atomic E-state index is 14.2. The van der Waals surface area contributed by atoms with E-state index in [1.165, 1.54) is 12.1 Å². The summed E-state index contributed by atoms with van der Waals surface area (Å²) >= 11 is 0. The Kier molecular flexibility index (Phi) is 4.73. The molecule has 2 aromatic carbocycles. The topological polar surface area (TPSA) is 3.24 Å². The molecule has 21 heavy (non-hydrogen) atoms. The Morgan fingerprint density at radius 2 is 1.81 bits per heavy atom. The van der Waals surface area contributed by atoms with Crippen molar-refractivity contribution in [3.05, 3.63) is 71.4 Å². The molecule has 0 aliphatic heterocycles. The van der Waals surface area contributed by atoms with Crippen LogP contribution in [0.5, 0.6) is 0 Å². The highest BCUT2D eigenvalue weighted by atomic mass is 19.1. The molecule has 0 amide bonds. The van der Waals surface area contributed by atoms with Gasteiger partial charge in [0.1, 0.15) is 11.6 Å². The molecule has 0 spiro atoms. The lowest BCUT2D eigenvalue weighted by molar-refractivity contribution is 0.584. The van der Waals surface area contributed by atoms with E-state index < -0.39 is 11.6 Å². The normalized spacial score (nSPS) is 11.6. The minimum atomic E-state index is -0.572. The van der Waals surface area contributed by atoms with E-state index in [1.807, 2.05) is 51.2 Å². The molecule has 0 heterocycles. The predicted molar refractivity (Wildman–Crippen MR) is 83.7 cm³/mol. The highest BCUT2D eigenvalue weighted by molar-refractivity contribution is 5.69. The first-order chi connectivity index (χ1) is 10.0. The Hall–Kier alpha value is -2.16. The van der Waals surface area contributed by atoms with E-state index in [2.05, 4.69) is 0 Å². The third kappa shape index (κ3) is 3.48. The second kappa shape index (κ2) is 6.53. The Labute approximate surface area is 124 Å². The summed E-state index contributed by atoms with van der Waals surface area (Å²) in [6.07, 6.45) is 2.77. The van der Waals surface area contributed by atoms with Crippen LogP contribution in [0.1, 0.15) is 25.8 Å². The summed E-state index contributed by atoms with van der Waals surface area (Å²) < 4.78 is 27.3. The zero-order valence-corrected chi connectivity index (χ0v) is 12.5. The smallest absolute Gasteiger partial charge is 0.150 e.